The van der Waals surface area contributed by atoms with Gasteiger partial charge < -0.3 is 9.84 Å². The largest absolute Gasteiger partial charge is 0.466 e. The maximum atomic E-state index is 11.1. The predicted molar refractivity (Wildman–Crippen MR) is 53.9 cm³/mol. The van der Waals surface area contributed by atoms with Crippen molar-refractivity contribution in [2.45, 2.75) is 57.5 Å². The average Bonchev–Trinajstić information content (AvgIpc) is 2.14. The number of rotatable bonds is 0. The van der Waals surface area contributed by atoms with Crippen LogP contribution in [0.3, 0.4) is 0 Å². The van der Waals surface area contributed by atoms with E-state index in [-0.39, 0.29) is 12.1 Å². The van der Waals surface area contributed by atoms with Crippen molar-refractivity contribution in [2.24, 2.45) is 0 Å². The Morgan fingerprint density at radius 2 is 1.79 bits per heavy atom. The van der Waals surface area contributed by atoms with Gasteiger partial charge in [0.2, 0.25) is 0 Å². The molecule has 0 aromatic heterocycles. The molecule has 0 aliphatic carbocycles. The van der Waals surface area contributed by atoms with Gasteiger partial charge in [-0.15, -0.1) is 0 Å². The number of hydrogen-bond acceptors (Lipinski definition) is 3. The predicted octanol–water partition coefficient (Wildman–Crippen LogP) is 2.02. The number of esters is 1. The number of hydrogen-bond donors (Lipinski definition) is 1. The molecular weight excluding hydrogens is 180 g/mol. The Morgan fingerprint density at radius 3 is 2.64 bits per heavy atom. The van der Waals surface area contributed by atoms with Crippen molar-refractivity contribution in [3.05, 3.63) is 0 Å². The van der Waals surface area contributed by atoms with E-state index < -0.39 is 0 Å². The number of aliphatic hydroxyl groups is 1. The van der Waals surface area contributed by atoms with Crippen molar-refractivity contribution >= 4 is 5.97 Å². The summed E-state index contributed by atoms with van der Waals surface area (Å²) in [4.78, 5) is 11.1. The SMILES string of the molecule is O=C1CCCC(O)CCCCCCO1. The van der Waals surface area contributed by atoms with Gasteiger partial charge in [-0.1, -0.05) is 19.3 Å². The van der Waals surface area contributed by atoms with Crippen LogP contribution in [0.4, 0.5) is 0 Å². The normalized spacial score (nSPS) is 27.2. The summed E-state index contributed by atoms with van der Waals surface area (Å²) in [6.07, 6.45) is 6.88. The first-order valence-electron chi connectivity index (χ1n) is 5.63. The molecule has 1 aliphatic heterocycles. The highest BCUT2D eigenvalue weighted by Crippen LogP contribution is 2.12. The molecule has 82 valence electrons. The van der Waals surface area contributed by atoms with E-state index in [1.807, 2.05) is 0 Å². The quantitative estimate of drug-likeness (QED) is 0.608. The second-order valence-corrected chi connectivity index (χ2v) is 3.97. The van der Waals surface area contributed by atoms with Gasteiger partial charge in [0.05, 0.1) is 12.7 Å². The smallest absolute Gasteiger partial charge is 0.305 e. The zero-order valence-electron chi connectivity index (χ0n) is 8.71. The monoisotopic (exact) mass is 200 g/mol. The van der Waals surface area contributed by atoms with Crippen LogP contribution >= 0.6 is 0 Å². The minimum absolute atomic E-state index is 0.113. The Hall–Kier alpha value is -0.570. The van der Waals surface area contributed by atoms with E-state index >= 15 is 0 Å². The molecule has 3 heteroatoms. The molecule has 0 radical (unpaired) electrons. The van der Waals surface area contributed by atoms with Crippen LogP contribution in [0.1, 0.15) is 51.4 Å². The molecule has 14 heavy (non-hydrogen) atoms. The van der Waals surface area contributed by atoms with E-state index in [4.69, 9.17) is 4.74 Å². The molecule has 0 spiro atoms. The fourth-order valence-corrected chi connectivity index (χ4v) is 1.72. The fraction of sp³-hybridized carbons (Fsp3) is 0.909. The van der Waals surface area contributed by atoms with Crippen LogP contribution in [0.25, 0.3) is 0 Å². The van der Waals surface area contributed by atoms with Gasteiger partial charge in [-0.25, -0.2) is 0 Å². The van der Waals surface area contributed by atoms with Crippen LogP contribution in [0.2, 0.25) is 0 Å². The Balaban J connectivity index is 2.24. The third kappa shape index (κ3) is 5.22. The van der Waals surface area contributed by atoms with Crippen molar-refractivity contribution < 1.29 is 14.6 Å². The van der Waals surface area contributed by atoms with Crippen molar-refractivity contribution in [2.75, 3.05) is 6.61 Å². The lowest BCUT2D eigenvalue weighted by atomic mass is 10.0. The summed E-state index contributed by atoms with van der Waals surface area (Å²) in [6.45, 7) is 0.571. The minimum atomic E-state index is -0.220. The van der Waals surface area contributed by atoms with Crippen LogP contribution in [0.5, 0.6) is 0 Å². The number of aliphatic hydroxyl groups excluding tert-OH is 1. The number of carbonyl (C=O) groups is 1. The number of carbonyl (C=O) groups excluding carboxylic acids is 1. The van der Waals surface area contributed by atoms with Gasteiger partial charge in [-0.05, 0) is 25.7 Å². The lowest BCUT2D eigenvalue weighted by Gasteiger charge is -2.11. The highest BCUT2D eigenvalue weighted by Gasteiger charge is 2.08. The van der Waals surface area contributed by atoms with Gasteiger partial charge in [0.1, 0.15) is 0 Å². The first-order chi connectivity index (χ1) is 6.79. The van der Waals surface area contributed by atoms with E-state index in [9.17, 15) is 9.90 Å². The molecule has 0 bridgehead atoms. The van der Waals surface area contributed by atoms with Crippen LogP contribution < -0.4 is 0 Å². The summed E-state index contributed by atoms with van der Waals surface area (Å²) in [5.74, 6) is -0.113. The van der Waals surface area contributed by atoms with Crippen molar-refractivity contribution in [3.63, 3.8) is 0 Å². The first-order valence-corrected chi connectivity index (χ1v) is 5.63. The van der Waals surface area contributed by atoms with E-state index in [2.05, 4.69) is 0 Å². The summed E-state index contributed by atoms with van der Waals surface area (Å²) < 4.78 is 5.03. The van der Waals surface area contributed by atoms with Crippen molar-refractivity contribution in [1.82, 2.24) is 0 Å². The highest BCUT2D eigenvalue weighted by molar-refractivity contribution is 5.69. The Morgan fingerprint density at radius 1 is 1.07 bits per heavy atom. The van der Waals surface area contributed by atoms with Gasteiger partial charge >= 0.3 is 5.97 Å². The fourth-order valence-electron chi connectivity index (χ4n) is 1.72. The van der Waals surface area contributed by atoms with Gasteiger partial charge in [-0.2, -0.15) is 0 Å². The topological polar surface area (TPSA) is 46.5 Å². The lowest BCUT2D eigenvalue weighted by Crippen LogP contribution is -2.11. The van der Waals surface area contributed by atoms with Gasteiger partial charge in [0, 0.05) is 6.42 Å². The zero-order chi connectivity index (χ0) is 10.2. The summed E-state index contributed by atoms with van der Waals surface area (Å²) in [5, 5.41) is 9.53. The molecular formula is C11H20O3. The maximum absolute atomic E-state index is 11.1. The molecule has 0 aromatic carbocycles. The Labute approximate surface area is 85.5 Å². The molecule has 1 heterocycles. The van der Waals surface area contributed by atoms with Crippen LogP contribution in [-0.2, 0) is 9.53 Å². The Bertz CT molecular complexity index is 168. The van der Waals surface area contributed by atoms with Gasteiger partial charge in [0.15, 0.2) is 0 Å². The Kier molecular flexibility index (Phi) is 5.60. The van der Waals surface area contributed by atoms with Crippen molar-refractivity contribution in [1.29, 1.82) is 0 Å². The van der Waals surface area contributed by atoms with Crippen LogP contribution in [0.15, 0.2) is 0 Å². The van der Waals surface area contributed by atoms with Gasteiger partial charge in [-0.3, -0.25) is 4.79 Å². The van der Waals surface area contributed by atoms with Crippen LogP contribution in [0, 0.1) is 0 Å². The second-order valence-electron chi connectivity index (χ2n) is 3.97. The summed E-state index contributed by atoms with van der Waals surface area (Å²) in [7, 11) is 0. The molecule has 1 aliphatic rings. The lowest BCUT2D eigenvalue weighted by molar-refractivity contribution is -0.144. The molecule has 1 unspecified atom stereocenters. The molecule has 1 atom stereocenters. The average molecular weight is 200 g/mol. The molecule has 3 nitrogen and oxygen atoms in total. The van der Waals surface area contributed by atoms with E-state index in [0.717, 1.165) is 44.9 Å². The minimum Gasteiger partial charge on any atom is -0.466 e. The molecule has 0 saturated carbocycles. The molecule has 0 amide bonds. The molecule has 1 saturated heterocycles. The van der Waals surface area contributed by atoms with Crippen LogP contribution in [-0.4, -0.2) is 23.8 Å². The first kappa shape index (κ1) is 11.5. The van der Waals surface area contributed by atoms with Crippen molar-refractivity contribution in [3.8, 4) is 0 Å². The number of ether oxygens (including phenoxy) is 1. The van der Waals surface area contributed by atoms with E-state index in [1.165, 1.54) is 0 Å². The van der Waals surface area contributed by atoms with E-state index in [1.54, 1.807) is 0 Å². The molecule has 1 fully saturated rings. The second kappa shape index (κ2) is 6.82. The van der Waals surface area contributed by atoms with E-state index in [0.29, 0.717) is 13.0 Å². The third-order valence-electron chi connectivity index (χ3n) is 2.61. The zero-order valence-corrected chi connectivity index (χ0v) is 8.71. The highest BCUT2D eigenvalue weighted by atomic mass is 16.5. The molecule has 0 aromatic rings. The molecule has 1 rings (SSSR count). The number of cyclic esters (lactones) is 1. The molecule has 1 N–H and O–H groups in total. The summed E-state index contributed by atoms with van der Waals surface area (Å²) in [5.41, 5.74) is 0. The third-order valence-corrected chi connectivity index (χ3v) is 2.61. The summed E-state index contributed by atoms with van der Waals surface area (Å²) >= 11 is 0. The standard InChI is InChI=1S/C11H20O3/c12-10-6-3-1-2-4-9-14-11(13)8-5-7-10/h10,12H,1-9H2. The summed E-state index contributed by atoms with van der Waals surface area (Å²) in [6, 6.07) is 0. The van der Waals surface area contributed by atoms with Gasteiger partial charge in [0.25, 0.3) is 0 Å². The maximum Gasteiger partial charge on any atom is 0.305 e.